The lowest BCUT2D eigenvalue weighted by molar-refractivity contribution is -0.698. The Morgan fingerprint density at radius 1 is 1.42 bits per heavy atom. The molecule has 4 heterocycles. The Kier molecular flexibility index (Phi) is 4.08. The summed E-state index contributed by atoms with van der Waals surface area (Å²) in [4.78, 5) is 24.4. The molecule has 9 heteroatoms. The topological polar surface area (TPSA) is 95.0 Å². The maximum Gasteiger partial charge on any atom is 0.258 e. The minimum absolute atomic E-state index is 0.0825. The van der Waals surface area contributed by atoms with Gasteiger partial charge >= 0.3 is 0 Å². The van der Waals surface area contributed by atoms with Crippen molar-refractivity contribution in [3.8, 4) is 0 Å². The molecule has 0 spiro atoms. The molecule has 2 aliphatic rings. The van der Waals surface area contributed by atoms with E-state index in [0.29, 0.717) is 17.8 Å². The van der Waals surface area contributed by atoms with Gasteiger partial charge in [-0.25, -0.2) is 9.25 Å². The van der Waals surface area contributed by atoms with Crippen molar-refractivity contribution in [2.45, 2.75) is 25.4 Å². The molecule has 0 saturated carbocycles. The van der Waals surface area contributed by atoms with Gasteiger partial charge in [-0.15, -0.1) is 16.9 Å². The van der Waals surface area contributed by atoms with Crippen LogP contribution >= 0.6 is 11.8 Å². The van der Waals surface area contributed by atoms with Crippen molar-refractivity contribution >= 4 is 29.7 Å². The van der Waals surface area contributed by atoms with E-state index in [1.54, 1.807) is 17.0 Å². The van der Waals surface area contributed by atoms with Crippen LogP contribution < -0.4 is 9.67 Å². The Balaban J connectivity index is 1.41. The van der Waals surface area contributed by atoms with Crippen molar-refractivity contribution in [2.24, 2.45) is 0 Å². The minimum atomic E-state index is -1.34. The molecule has 1 saturated heterocycles. The first kappa shape index (κ1) is 16.5. The maximum absolute atomic E-state index is 12.2. The van der Waals surface area contributed by atoms with Crippen LogP contribution in [0.1, 0.15) is 11.3 Å². The van der Waals surface area contributed by atoms with E-state index in [4.69, 9.17) is 0 Å². The Morgan fingerprint density at radius 3 is 2.92 bits per heavy atom. The number of hydrogen-bond acceptors (Lipinski definition) is 6. The molecule has 2 aliphatic heterocycles. The molecular weight excluding hydrogens is 354 g/mol. The molecule has 0 aliphatic carbocycles. The lowest BCUT2D eigenvalue weighted by Crippen LogP contribution is -2.52. The van der Waals surface area contributed by atoms with Crippen LogP contribution in [0.25, 0.3) is 6.08 Å². The van der Waals surface area contributed by atoms with Crippen LogP contribution in [0.5, 0.6) is 0 Å². The fraction of sp³-hybridized carbons (Fsp3) is 0.235. The number of β-lactam (4-membered cyclic amide) rings is 1. The van der Waals surface area contributed by atoms with Gasteiger partial charge in [0.05, 0.1) is 23.4 Å². The lowest BCUT2D eigenvalue weighted by Gasteiger charge is -2.38. The summed E-state index contributed by atoms with van der Waals surface area (Å²) >= 11 is 1.27. The number of aryl methyl sites for hydroxylation is 3. The van der Waals surface area contributed by atoms with Gasteiger partial charge in [-0.05, 0) is 24.0 Å². The highest BCUT2D eigenvalue weighted by molar-refractivity contribution is 8.03. The van der Waals surface area contributed by atoms with Crippen LogP contribution in [-0.2, 0) is 22.7 Å². The van der Waals surface area contributed by atoms with E-state index in [0.717, 1.165) is 6.54 Å². The van der Waals surface area contributed by atoms with Crippen LogP contribution in [0.15, 0.2) is 47.4 Å². The van der Waals surface area contributed by atoms with E-state index in [2.05, 4.69) is 14.9 Å². The number of rotatable bonds is 5. The van der Waals surface area contributed by atoms with Gasteiger partial charge in [0, 0.05) is 12.1 Å². The van der Waals surface area contributed by atoms with Crippen LogP contribution in [0, 0.1) is 6.92 Å². The van der Waals surface area contributed by atoms with Gasteiger partial charge in [0.2, 0.25) is 0 Å². The number of aliphatic carboxylic acids is 1. The second kappa shape index (κ2) is 6.41. The lowest BCUT2D eigenvalue weighted by atomic mass is 10.0. The van der Waals surface area contributed by atoms with Crippen LogP contribution in [0.4, 0.5) is 0 Å². The van der Waals surface area contributed by atoms with Crippen molar-refractivity contribution in [2.75, 3.05) is 0 Å². The third-order valence-electron chi connectivity index (χ3n) is 4.25. The molecule has 1 atom stereocenters. The number of pyridine rings is 1. The second-order valence-electron chi connectivity index (χ2n) is 6.07. The third kappa shape index (κ3) is 2.90. The molecule has 0 N–H and O–H groups in total. The van der Waals surface area contributed by atoms with Gasteiger partial charge in [-0.1, -0.05) is 5.21 Å². The van der Waals surface area contributed by atoms with E-state index < -0.39 is 5.97 Å². The summed E-state index contributed by atoms with van der Waals surface area (Å²) in [5.74, 6) is -1.67. The first-order chi connectivity index (χ1) is 12.5. The molecule has 4 rings (SSSR count). The van der Waals surface area contributed by atoms with Gasteiger partial charge in [0.25, 0.3) is 5.91 Å². The summed E-state index contributed by atoms with van der Waals surface area (Å²) < 4.78 is 3.77. The quantitative estimate of drug-likeness (QED) is 0.399. The number of hydrogen-bond donors (Lipinski definition) is 0. The monoisotopic (exact) mass is 369 g/mol. The predicted molar refractivity (Wildman–Crippen MR) is 90.7 cm³/mol. The summed E-state index contributed by atoms with van der Waals surface area (Å²) in [6.07, 6.45) is 7.45. The average Bonchev–Trinajstić information content (AvgIpc) is 3.24. The van der Waals surface area contributed by atoms with Gasteiger partial charge in [0.15, 0.2) is 18.9 Å². The van der Waals surface area contributed by atoms with E-state index >= 15 is 0 Å². The number of aromatic nitrogens is 4. The molecule has 2 aromatic rings. The molecule has 0 radical (unpaired) electrons. The molecule has 2 aromatic heterocycles. The van der Waals surface area contributed by atoms with Gasteiger partial charge in [-0.3, -0.25) is 9.69 Å². The Hall–Kier alpha value is -2.94. The molecule has 8 nitrogen and oxygen atoms in total. The predicted octanol–water partition coefficient (Wildman–Crippen LogP) is -0.536. The smallest absolute Gasteiger partial charge is 0.258 e. The highest BCUT2D eigenvalue weighted by atomic mass is 32.2. The summed E-state index contributed by atoms with van der Waals surface area (Å²) in [6, 6.07) is 4.08. The van der Waals surface area contributed by atoms with E-state index in [1.165, 1.54) is 27.6 Å². The molecule has 0 aromatic carbocycles. The fourth-order valence-corrected chi connectivity index (χ4v) is 3.92. The second-order valence-corrected chi connectivity index (χ2v) is 7.03. The highest BCUT2D eigenvalue weighted by Crippen LogP contribution is 2.44. The number of thioether (sulfide) groups is 1. The number of amides is 1. The van der Waals surface area contributed by atoms with Gasteiger partial charge < -0.3 is 9.90 Å². The SMILES string of the molecule is Cc1cc[n+](CCn2cc(/C=C3/C(=O)N4C(C(=O)[O-])=CS[C@H]34)nn2)cc1. The van der Waals surface area contributed by atoms with Gasteiger partial charge in [0.1, 0.15) is 17.6 Å². The van der Waals surface area contributed by atoms with Crippen molar-refractivity contribution in [1.29, 1.82) is 0 Å². The van der Waals surface area contributed by atoms with E-state index in [1.807, 2.05) is 31.5 Å². The number of fused-ring (bicyclic) bond motifs is 1. The summed E-state index contributed by atoms with van der Waals surface area (Å²) in [5, 5.41) is 20.2. The minimum Gasteiger partial charge on any atom is -0.543 e. The molecule has 132 valence electrons. The van der Waals surface area contributed by atoms with Crippen LogP contribution in [-0.4, -0.2) is 37.1 Å². The van der Waals surface area contributed by atoms with Crippen molar-refractivity contribution in [1.82, 2.24) is 19.9 Å². The molecule has 1 amide bonds. The maximum atomic E-state index is 12.2. The number of carboxylic acid groups (broad SMARTS) is 1. The number of carbonyl (C=O) groups excluding carboxylic acids is 2. The third-order valence-corrected chi connectivity index (χ3v) is 5.33. The van der Waals surface area contributed by atoms with Gasteiger partial charge in [-0.2, -0.15) is 0 Å². The first-order valence-electron chi connectivity index (χ1n) is 8.01. The summed E-state index contributed by atoms with van der Waals surface area (Å²) in [7, 11) is 0. The first-order valence-corrected chi connectivity index (χ1v) is 8.95. The Bertz CT molecular complexity index is 948. The molecule has 26 heavy (non-hydrogen) atoms. The largest absolute Gasteiger partial charge is 0.543 e. The fourth-order valence-electron chi connectivity index (χ4n) is 2.81. The molecular formula is C17H15N5O3S. The van der Waals surface area contributed by atoms with Crippen molar-refractivity contribution < 1.29 is 19.3 Å². The summed E-state index contributed by atoms with van der Waals surface area (Å²) in [5.41, 5.74) is 2.21. The van der Waals surface area contributed by atoms with E-state index in [-0.39, 0.29) is 17.0 Å². The number of carboxylic acids is 1. The summed E-state index contributed by atoms with van der Waals surface area (Å²) in [6.45, 7) is 3.45. The van der Waals surface area contributed by atoms with Crippen molar-refractivity contribution in [3.63, 3.8) is 0 Å². The zero-order chi connectivity index (χ0) is 18.3. The van der Waals surface area contributed by atoms with Crippen LogP contribution in [0.3, 0.4) is 0 Å². The van der Waals surface area contributed by atoms with E-state index in [9.17, 15) is 14.7 Å². The molecule has 1 fully saturated rings. The Labute approximate surface area is 153 Å². The standard InChI is InChI=1S/C17H15N5O3S/c1-11-2-4-20(5-3-11)6-7-21-9-12(18-19-21)8-13-15(23)22-14(17(24)25)10-26-16(13)22/h2-5,8-10,16H,6-7H2,1H3/b13-8-/t16-/m1/s1. The number of carbonyl (C=O) groups is 2. The van der Waals surface area contributed by atoms with Crippen LogP contribution in [0.2, 0.25) is 0 Å². The number of nitrogens with zero attached hydrogens (tertiary/aromatic N) is 5. The van der Waals surface area contributed by atoms with Crippen molar-refractivity contribution in [3.05, 3.63) is 58.7 Å². The highest BCUT2D eigenvalue weighted by Gasteiger charge is 2.47. The normalized spacial score (nSPS) is 20.1. The zero-order valence-corrected chi connectivity index (χ0v) is 14.7. The molecule has 0 unspecified atom stereocenters. The average molecular weight is 369 g/mol. The molecule has 0 bridgehead atoms. The zero-order valence-electron chi connectivity index (χ0n) is 13.9. The Morgan fingerprint density at radius 2 is 2.19 bits per heavy atom.